The zero-order chi connectivity index (χ0) is 11.4. The van der Waals surface area contributed by atoms with E-state index in [2.05, 4.69) is 10.6 Å². The van der Waals surface area contributed by atoms with Gasteiger partial charge in [-0.05, 0) is 68.4 Å². The maximum absolute atomic E-state index is 12.2. The zero-order valence-electron chi connectivity index (χ0n) is 10.3. The predicted molar refractivity (Wildman–Crippen MR) is 65.3 cm³/mol. The SMILES string of the molecule is O=C(NCC1CCNC1)C1C2C3CCC(C3)C12. The Kier molecular flexibility index (Phi) is 2.26. The van der Waals surface area contributed by atoms with Crippen LogP contribution >= 0.6 is 0 Å². The Hall–Kier alpha value is -0.570. The second-order valence-corrected chi connectivity index (χ2v) is 6.62. The molecule has 3 nitrogen and oxygen atoms in total. The van der Waals surface area contributed by atoms with Gasteiger partial charge in [-0.2, -0.15) is 0 Å². The normalized spacial score (nSPS) is 50.4. The topological polar surface area (TPSA) is 41.1 Å². The fraction of sp³-hybridized carbons (Fsp3) is 0.929. The predicted octanol–water partition coefficient (Wildman–Crippen LogP) is 1.00. The summed E-state index contributed by atoms with van der Waals surface area (Å²) in [5.41, 5.74) is 0. The van der Waals surface area contributed by atoms with Gasteiger partial charge in [0.2, 0.25) is 5.91 Å². The Labute approximate surface area is 103 Å². The molecule has 4 fully saturated rings. The van der Waals surface area contributed by atoms with Gasteiger partial charge in [0, 0.05) is 12.5 Å². The van der Waals surface area contributed by atoms with Gasteiger partial charge in [-0.25, -0.2) is 0 Å². The Balaban J connectivity index is 1.30. The molecule has 17 heavy (non-hydrogen) atoms. The molecule has 4 aliphatic rings. The molecule has 0 spiro atoms. The summed E-state index contributed by atoms with van der Waals surface area (Å²) >= 11 is 0. The first-order valence-corrected chi connectivity index (χ1v) is 7.33. The van der Waals surface area contributed by atoms with Crippen LogP contribution in [0.15, 0.2) is 0 Å². The number of rotatable bonds is 3. The van der Waals surface area contributed by atoms with Crippen LogP contribution in [0.4, 0.5) is 0 Å². The molecule has 1 heterocycles. The molecular formula is C14H22N2O. The molecule has 3 heteroatoms. The highest BCUT2D eigenvalue weighted by Gasteiger charge is 2.67. The second-order valence-electron chi connectivity index (χ2n) is 6.62. The monoisotopic (exact) mass is 234 g/mol. The highest BCUT2D eigenvalue weighted by molar-refractivity contribution is 5.82. The van der Waals surface area contributed by atoms with Crippen LogP contribution in [-0.2, 0) is 4.79 Å². The van der Waals surface area contributed by atoms with Crippen molar-refractivity contribution in [1.29, 1.82) is 0 Å². The quantitative estimate of drug-likeness (QED) is 0.765. The second kappa shape index (κ2) is 3.71. The van der Waals surface area contributed by atoms with Crippen LogP contribution in [0.25, 0.3) is 0 Å². The zero-order valence-corrected chi connectivity index (χ0v) is 10.3. The van der Waals surface area contributed by atoms with Crippen LogP contribution in [0.5, 0.6) is 0 Å². The average molecular weight is 234 g/mol. The van der Waals surface area contributed by atoms with Crippen molar-refractivity contribution in [3.8, 4) is 0 Å². The third kappa shape index (κ3) is 1.55. The molecule has 2 bridgehead atoms. The van der Waals surface area contributed by atoms with E-state index in [4.69, 9.17) is 0 Å². The Morgan fingerprint density at radius 1 is 1.18 bits per heavy atom. The molecule has 5 atom stereocenters. The van der Waals surface area contributed by atoms with Crippen molar-refractivity contribution in [3.05, 3.63) is 0 Å². The summed E-state index contributed by atoms with van der Waals surface area (Å²) in [6.07, 6.45) is 5.47. The van der Waals surface area contributed by atoms with Crippen LogP contribution in [0, 0.1) is 35.5 Å². The van der Waals surface area contributed by atoms with Gasteiger partial charge in [0.15, 0.2) is 0 Å². The van der Waals surface area contributed by atoms with Crippen molar-refractivity contribution in [3.63, 3.8) is 0 Å². The minimum absolute atomic E-state index is 0.378. The molecule has 94 valence electrons. The van der Waals surface area contributed by atoms with Gasteiger partial charge in [0.05, 0.1) is 0 Å². The smallest absolute Gasteiger partial charge is 0.223 e. The van der Waals surface area contributed by atoms with Crippen molar-refractivity contribution in [2.24, 2.45) is 35.5 Å². The van der Waals surface area contributed by atoms with Crippen molar-refractivity contribution >= 4 is 5.91 Å². The molecule has 3 saturated carbocycles. The van der Waals surface area contributed by atoms with E-state index in [-0.39, 0.29) is 0 Å². The lowest BCUT2D eigenvalue weighted by atomic mass is 10.0. The highest BCUT2D eigenvalue weighted by atomic mass is 16.2. The molecule has 2 N–H and O–H groups in total. The van der Waals surface area contributed by atoms with Crippen molar-refractivity contribution in [1.82, 2.24) is 10.6 Å². The summed E-state index contributed by atoms with van der Waals surface area (Å²) < 4.78 is 0. The lowest BCUT2D eigenvalue weighted by Gasteiger charge is -2.12. The molecule has 0 aromatic rings. The first-order valence-electron chi connectivity index (χ1n) is 7.33. The molecule has 1 amide bonds. The summed E-state index contributed by atoms with van der Waals surface area (Å²) in [4.78, 5) is 12.2. The summed E-state index contributed by atoms with van der Waals surface area (Å²) in [6, 6.07) is 0. The van der Waals surface area contributed by atoms with E-state index in [1.54, 1.807) is 0 Å². The van der Waals surface area contributed by atoms with E-state index in [0.29, 0.717) is 17.7 Å². The molecule has 3 aliphatic carbocycles. The van der Waals surface area contributed by atoms with Crippen molar-refractivity contribution in [2.75, 3.05) is 19.6 Å². The van der Waals surface area contributed by atoms with Gasteiger partial charge >= 0.3 is 0 Å². The Morgan fingerprint density at radius 3 is 2.59 bits per heavy atom. The molecule has 0 radical (unpaired) electrons. The summed E-state index contributed by atoms with van der Waals surface area (Å²) in [6.45, 7) is 3.11. The third-order valence-corrected chi connectivity index (χ3v) is 5.77. The Morgan fingerprint density at radius 2 is 1.94 bits per heavy atom. The van der Waals surface area contributed by atoms with Crippen LogP contribution in [0.1, 0.15) is 25.7 Å². The lowest BCUT2D eigenvalue weighted by molar-refractivity contribution is -0.123. The minimum Gasteiger partial charge on any atom is -0.356 e. The lowest BCUT2D eigenvalue weighted by Crippen LogP contribution is -2.32. The molecule has 0 aromatic carbocycles. The fourth-order valence-electron chi connectivity index (χ4n) is 4.93. The van der Waals surface area contributed by atoms with Crippen molar-refractivity contribution < 1.29 is 4.79 Å². The molecule has 5 unspecified atom stereocenters. The molecule has 0 aromatic heterocycles. The minimum atomic E-state index is 0.378. The molecule has 4 rings (SSSR count). The number of hydrogen-bond acceptors (Lipinski definition) is 2. The van der Waals surface area contributed by atoms with E-state index >= 15 is 0 Å². The summed E-state index contributed by atoms with van der Waals surface area (Å²) in [7, 11) is 0. The van der Waals surface area contributed by atoms with Crippen LogP contribution in [0.2, 0.25) is 0 Å². The van der Waals surface area contributed by atoms with Crippen molar-refractivity contribution in [2.45, 2.75) is 25.7 Å². The molecule has 1 saturated heterocycles. The van der Waals surface area contributed by atoms with Crippen LogP contribution < -0.4 is 10.6 Å². The van der Waals surface area contributed by atoms with Gasteiger partial charge in [-0.15, -0.1) is 0 Å². The van der Waals surface area contributed by atoms with E-state index in [1.165, 1.54) is 25.7 Å². The van der Waals surface area contributed by atoms with E-state index in [0.717, 1.165) is 43.3 Å². The third-order valence-electron chi connectivity index (χ3n) is 5.77. The first kappa shape index (κ1) is 10.4. The fourth-order valence-corrected chi connectivity index (χ4v) is 4.93. The number of amides is 1. The van der Waals surface area contributed by atoms with Gasteiger partial charge in [-0.1, -0.05) is 0 Å². The number of carbonyl (C=O) groups excluding carboxylic acids is 1. The number of hydrogen-bond donors (Lipinski definition) is 2. The van der Waals surface area contributed by atoms with Crippen LogP contribution in [0.3, 0.4) is 0 Å². The summed E-state index contributed by atoms with van der Waals surface area (Å²) in [5, 5.41) is 6.56. The number of nitrogens with one attached hydrogen (secondary N) is 2. The standard InChI is InChI=1S/C14H22N2O/c17-14(16-7-8-3-4-15-6-8)13-11-9-1-2-10(5-9)12(11)13/h8-13,15H,1-7H2,(H,16,17). The highest BCUT2D eigenvalue weighted by Crippen LogP contribution is 2.69. The molecule has 1 aliphatic heterocycles. The van der Waals surface area contributed by atoms with Gasteiger partial charge in [0.1, 0.15) is 0 Å². The average Bonchev–Trinajstić information content (AvgIpc) is 2.80. The largest absolute Gasteiger partial charge is 0.356 e. The van der Waals surface area contributed by atoms with E-state index in [9.17, 15) is 4.79 Å². The number of fused-ring (bicyclic) bond motifs is 5. The number of carbonyl (C=O) groups is 1. The molecular weight excluding hydrogens is 212 g/mol. The van der Waals surface area contributed by atoms with Gasteiger partial charge in [0.25, 0.3) is 0 Å². The van der Waals surface area contributed by atoms with E-state index < -0.39 is 0 Å². The first-order chi connectivity index (χ1) is 8.34. The van der Waals surface area contributed by atoms with Crippen LogP contribution in [-0.4, -0.2) is 25.5 Å². The maximum atomic E-state index is 12.2. The summed E-state index contributed by atoms with van der Waals surface area (Å²) in [5.74, 6) is 4.86. The maximum Gasteiger partial charge on any atom is 0.223 e. The van der Waals surface area contributed by atoms with Gasteiger partial charge < -0.3 is 10.6 Å². The Bertz CT molecular complexity index is 321. The van der Waals surface area contributed by atoms with Gasteiger partial charge in [-0.3, -0.25) is 4.79 Å². The van der Waals surface area contributed by atoms with E-state index in [1.807, 2.05) is 0 Å².